The van der Waals surface area contributed by atoms with Crippen LogP contribution in [0.5, 0.6) is 0 Å². The van der Waals surface area contributed by atoms with Crippen molar-refractivity contribution in [2.45, 2.75) is 39.3 Å². The van der Waals surface area contributed by atoms with Crippen molar-refractivity contribution < 1.29 is 5.11 Å². The predicted molar refractivity (Wildman–Crippen MR) is 103 cm³/mol. The minimum atomic E-state index is -0.312. The number of imidazole rings is 1. The Morgan fingerprint density at radius 2 is 2.00 bits per heavy atom. The largest absolute Gasteiger partial charge is 0.391 e. The fraction of sp³-hybridized carbons (Fsp3) is 0.429. The molecule has 0 amide bonds. The first-order valence-electron chi connectivity index (χ1n) is 9.42. The van der Waals surface area contributed by atoms with Gasteiger partial charge < -0.3 is 10.1 Å². The van der Waals surface area contributed by atoms with Crippen LogP contribution in [0.1, 0.15) is 29.8 Å². The number of nitrogens with zero attached hydrogens (tertiary/aromatic N) is 3. The number of aliphatic hydroxyl groups excluding tert-OH is 1. The molecule has 2 atom stereocenters. The normalized spacial score (nSPS) is 20.9. The lowest BCUT2D eigenvalue weighted by molar-refractivity contribution is 0.140. The molecule has 0 unspecified atom stereocenters. The Hall–Kier alpha value is -2.24. The molecule has 26 heavy (non-hydrogen) atoms. The number of aryl methyl sites for hydroxylation is 2. The Balaban J connectivity index is 1.43. The first kappa shape index (κ1) is 17.2. The molecular weight excluding hydrogens is 324 g/mol. The number of aromatic nitrogens is 3. The van der Waals surface area contributed by atoms with Crippen LogP contribution in [0, 0.1) is 12.8 Å². The minimum absolute atomic E-state index is 0.216. The van der Waals surface area contributed by atoms with E-state index in [1.165, 1.54) is 0 Å². The number of aromatic amines is 1. The molecule has 4 rings (SSSR count). The third-order valence-electron chi connectivity index (χ3n) is 5.35. The Morgan fingerprint density at radius 1 is 1.15 bits per heavy atom. The third kappa shape index (κ3) is 3.50. The van der Waals surface area contributed by atoms with Gasteiger partial charge in [-0.2, -0.15) is 0 Å². The number of rotatable bonds is 5. The van der Waals surface area contributed by atoms with Gasteiger partial charge >= 0.3 is 0 Å². The molecule has 0 bridgehead atoms. The van der Waals surface area contributed by atoms with Crippen LogP contribution in [0.25, 0.3) is 10.9 Å². The van der Waals surface area contributed by atoms with Gasteiger partial charge in [-0.25, -0.2) is 4.98 Å². The molecule has 0 spiro atoms. The van der Waals surface area contributed by atoms with E-state index in [2.05, 4.69) is 46.9 Å². The molecule has 1 fully saturated rings. The molecule has 5 nitrogen and oxygen atoms in total. The van der Waals surface area contributed by atoms with E-state index >= 15 is 0 Å². The summed E-state index contributed by atoms with van der Waals surface area (Å²) in [6.45, 7) is 6.55. The molecule has 0 saturated carbocycles. The maximum Gasteiger partial charge on any atom is 0.106 e. The van der Waals surface area contributed by atoms with Crippen LogP contribution >= 0.6 is 0 Å². The van der Waals surface area contributed by atoms with Gasteiger partial charge in [0, 0.05) is 48.7 Å². The summed E-state index contributed by atoms with van der Waals surface area (Å²) in [5.74, 6) is 1.25. The summed E-state index contributed by atoms with van der Waals surface area (Å²) >= 11 is 0. The first-order chi connectivity index (χ1) is 12.6. The van der Waals surface area contributed by atoms with Crippen molar-refractivity contribution in [1.82, 2.24) is 19.9 Å². The number of para-hydroxylation sites is 1. The van der Waals surface area contributed by atoms with Crippen LogP contribution < -0.4 is 0 Å². The van der Waals surface area contributed by atoms with E-state index in [9.17, 15) is 5.11 Å². The zero-order valence-electron chi connectivity index (χ0n) is 15.4. The van der Waals surface area contributed by atoms with Gasteiger partial charge in [0.15, 0.2) is 0 Å². The third-order valence-corrected chi connectivity index (χ3v) is 5.35. The molecule has 3 aromatic rings. The molecule has 1 aromatic carbocycles. The van der Waals surface area contributed by atoms with Crippen LogP contribution in [0.2, 0.25) is 0 Å². The van der Waals surface area contributed by atoms with Gasteiger partial charge in [-0.1, -0.05) is 31.2 Å². The molecule has 3 heterocycles. The van der Waals surface area contributed by atoms with Gasteiger partial charge in [0.05, 0.1) is 17.3 Å². The van der Waals surface area contributed by atoms with E-state index in [-0.39, 0.29) is 12.0 Å². The standard InChI is InChI=1S/C21H26N4O/c1-3-21-22-14(2)19(24-21)12-25-11-16(20(26)13-25)10-17-9-8-15-6-4-5-7-18(15)23-17/h4-9,16,20,26H,3,10-13H2,1-2H3,(H,22,24)/t16-,20-/m1/s1. The number of hydrogen-bond acceptors (Lipinski definition) is 4. The van der Waals surface area contributed by atoms with Crippen LogP contribution in [0.4, 0.5) is 0 Å². The highest BCUT2D eigenvalue weighted by Gasteiger charge is 2.32. The monoisotopic (exact) mass is 350 g/mol. The fourth-order valence-electron chi connectivity index (χ4n) is 3.86. The summed E-state index contributed by atoms with van der Waals surface area (Å²) in [4.78, 5) is 15.1. The lowest BCUT2D eigenvalue weighted by Gasteiger charge is -2.15. The number of likely N-dealkylation sites (tertiary alicyclic amines) is 1. The summed E-state index contributed by atoms with van der Waals surface area (Å²) < 4.78 is 0. The van der Waals surface area contributed by atoms with Crippen LogP contribution in [0.3, 0.4) is 0 Å². The van der Waals surface area contributed by atoms with E-state index < -0.39 is 0 Å². The Morgan fingerprint density at radius 3 is 2.81 bits per heavy atom. The lowest BCUT2D eigenvalue weighted by Crippen LogP contribution is -2.22. The molecule has 0 aliphatic carbocycles. The van der Waals surface area contributed by atoms with Crippen LogP contribution in [0.15, 0.2) is 36.4 Å². The SMILES string of the molecule is CCc1nc(CN2C[C@@H](Cc3ccc4ccccc4n3)[C@H](O)C2)c(C)[nH]1. The predicted octanol–water partition coefficient (Wildman–Crippen LogP) is 2.86. The zero-order valence-corrected chi connectivity index (χ0v) is 15.4. The number of H-pyrrole nitrogens is 1. The Bertz CT molecular complexity index is 904. The van der Waals surface area contributed by atoms with Crippen molar-refractivity contribution in [3.8, 4) is 0 Å². The van der Waals surface area contributed by atoms with E-state index in [0.717, 1.165) is 59.7 Å². The van der Waals surface area contributed by atoms with Crippen molar-refractivity contribution in [2.24, 2.45) is 5.92 Å². The van der Waals surface area contributed by atoms with E-state index in [1.807, 2.05) is 18.2 Å². The highest BCUT2D eigenvalue weighted by molar-refractivity contribution is 5.78. The van der Waals surface area contributed by atoms with Crippen LogP contribution in [-0.2, 0) is 19.4 Å². The fourth-order valence-corrected chi connectivity index (χ4v) is 3.86. The molecule has 2 aromatic heterocycles. The molecule has 0 radical (unpaired) electrons. The first-order valence-corrected chi connectivity index (χ1v) is 9.42. The summed E-state index contributed by atoms with van der Waals surface area (Å²) in [7, 11) is 0. The van der Waals surface area contributed by atoms with Gasteiger partial charge in [0.25, 0.3) is 0 Å². The van der Waals surface area contributed by atoms with Crippen molar-refractivity contribution in [1.29, 1.82) is 0 Å². The van der Waals surface area contributed by atoms with Crippen LogP contribution in [-0.4, -0.2) is 44.2 Å². The summed E-state index contributed by atoms with van der Waals surface area (Å²) in [5.41, 5.74) is 4.31. The number of β-amino-alcohol motifs (C(OH)–C–C–N with tert-alkyl or cyclic N) is 1. The molecular formula is C21H26N4O. The molecule has 5 heteroatoms. The maximum absolute atomic E-state index is 10.5. The number of hydrogen-bond donors (Lipinski definition) is 2. The quantitative estimate of drug-likeness (QED) is 0.743. The number of fused-ring (bicyclic) bond motifs is 1. The summed E-state index contributed by atoms with van der Waals surface area (Å²) in [6, 6.07) is 12.4. The second-order valence-electron chi connectivity index (χ2n) is 7.33. The van der Waals surface area contributed by atoms with E-state index in [4.69, 9.17) is 4.98 Å². The van der Waals surface area contributed by atoms with Gasteiger partial charge in [-0.05, 0) is 25.5 Å². The zero-order chi connectivity index (χ0) is 18.1. The molecule has 136 valence electrons. The smallest absolute Gasteiger partial charge is 0.106 e. The van der Waals surface area contributed by atoms with Gasteiger partial charge in [0.2, 0.25) is 0 Å². The van der Waals surface area contributed by atoms with Crippen molar-refractivity contribution in [3.05, 3.63) is 59.3 Å². The maximum atomic E-state index is 10.5. The average Bonchev–Trinajstić information content (AvgIpc) is 3.17. The topological polar surface area (TPSA) is 65.0 Å². The summed E-state index contributed by atoms with van der Waals surface area (Å²) in [5, 5.41) is 11.7. The average molecular weight is 350 g/mol. The minimum Gasteiger partial charge on any atom is -0.391 e. The lowest BCUT2D eigenvalue weighted by atomic mass is 9.99. The molecule has 2 N–H and O–H groups in total. The van der Waals surface area contributed by atoms with E-state index in [1.54, 1.807) is 0 Å². The highest BCUT2D eigenvalue weighted by atomic mass is 16.3. The number of benzene rings is 1. The molecule has 1 saturated heterocycles. The molecule has 1 aliphatic rings. The highest BCUT2D eigenvalue weighted by Crippen LogP contribution is 2.24. The van der Waals surface area contributed by atoms with Crippen molar-refractivity contribution >= 4 is 10.9 Å². The Kier molecular flexibility index (Phi) is 4.74. The second kappa shape index (κ2) is 7.17. The number of nitrogens with one attached hydrogen (secondary N) is 1. The summed E-state index contributed by atoms with van der Waals surface area (Å²) in [6.07, 6.45) is 1.41. The second-order valence-corrected chi connectivity index (χ2v) is 7.33. The number of aliphatic hydroxyl groups is 1. The van der Waals surface area contributed by atoms with Crippen molar-refractivity contribution in [3.63, 3.8) is 0 Å². The van der Waals surface area contributed by atoms with Crippen molar-refractivity contribution in [2.75, 3.05) is 13.1 Å². The van der Waals surface area contributed by atoms with Gasteiger partial charge in [0.1, 0.15) is 5.82 Å². The Labute approximate surface area is 154 Å². The van der Waals surface area contributed by atoms with Gasteiger partial charge in [-0.3, -0.25) is 9.88 Å². The molecule has 1 aliphatic heterocycles. The van der Waals surface area contributed by atoms with Gasteiger partial charge in [-0.15, -0.1) is 0 Å². The van der Waals surface area contributed by atoms with E-state index in [0.29, 0.717) is 6.54 Å². The number of pyridine rings is 1.